The lowest BCUT2D eigenvalue weighted by molar-refractivity contribution is -0.127. The summed E-state index contributed by atoms with van der Waals surface area (Å²) in [5.41, 5.74) is 1.81. The average Bonchev–Trinajstić information content (AvgIpc) is 2.79. The van der Waals surface area contributed by atoms with Crippen molar-refractivity contribution in [2.45, 2.75) is 52.5 Å². The fourth-order valence-corrected chi connectivity index (χ4v) is 2.81. The summed E-state index contributed by atoms with van der Waals surface area (Å²) >= 11 is 0. The third kappa shape index (κ3) is 3.67. The molecule has 22 heavy (non-hydrogen) atoms. The molecule has 2 rings (SSSR count). The quantitative estimate of drug-likeness (QED) is 0.933. The number of rotatable bonds is 3. The van der Waals surface area contributed by atoms with E-state index < -0.39 is 0 Å². The Kier molecular flexibility index (Phi) is 4.59. The molecule has 2 amide bonds. The van der Waals surface area contributed by atoms with E-state index in [1.807, 2.05) is 39.0 Å². The number of carbonyl (C=O) groups excluding carboxylic acids is 2. The van der Waals surface area contributed by atoms with Gasteiger partial charge in [0.05, 0.1) is 5.92 Å². The topological polar surface area (TPSA) is 49.4 Å². The predicted octanol–water partition coefficient (Wildman–Crippen LogP) is 3.08. The van der Waals surface area contributed by atoms with Crippen molar-refractivity contribution in [3.8, 4) is 0 Å². The lowest BCUT2D eigenvalue weighted by Gasteiger charge is -2.24. The Balaban J connectivity index is 2.19. The van der Waals surface area contributed by atoms with Crippen LogP contribution >= 0.6 is 0 Å². The molecular weight excluding hydrogens is 276 g/mol. The summed E-state index contributed by atoms with van der Waals surface area (Å²) in [5, 5.41) is 2.97. The maximum absolute atomic E-state index is 12.4. The van der Waals surface area contributed by atoms with Crippen molar-refractivity contribution in [2.75, 3.05) is 11.4 Å². The number of anilines is 1. The average molecular weight is 302 g/mol. The Morgan fingerprint density at radius 1 is 1.27 bits per heavy atom. The molecule has 0 bridgehead atoms. The maximum Gasteiger partial charge on any atom is 0.227 e. The molecule has 1 aromatic carbocycles. The van der Waals surface area contributed by atoms with Crippen LogP contribution in [0.5, 0.6) is 0 Å². The van der Waals surface area contributed by atoms with Crippen LogP contribution in [0.15, 0.2) is 24.3 Å². The highest BCUT2D eigenvalue weighted by Crippen LogP contribution is 2.32. The van der Waals surface area contributed by atoms with E-state index in [0.717, 1.165) is 11.3 Å². The molecular formula is C18H26N2O2. The standard InChI is InChI=1S/C18H26N2O2/c1-12(2)14-8-6-7-9-15(14)20-11-13(10-16(20)21)17(22)19-18(3,4)5/h6-9,12-13H,10-11H2,1-5H3,(H,19,22). The third-order valence-corrected chi connectivity index (χ3v) is 3.84. The van der Waals surface area contributed by atoms with Gasteiger partial charge in [-0.15, -0.1) is 0 Å². The van der Waals surface area contributed by atoms with E-state index in [1.165, 1.54) is 0 Å². The molecule has 1 atom stereocenters. The number of para-hydroxylation sites is 1. The first-order valence-corrected chi connectivity index (χ1v) is 7.90. The van der Waals surface area contributed by atoms with E-state index in [9.17, 15) is 9.59 Å². The molecule has 0 saturated carbocycles. The van der Waals surface area contributed by atoms with Gasteiger partial charge in [0.1, 0.15) is 0 Å². The van der Waals surface area contributed by atoms with E-state index in [4.69, 9.17) is 0 Å². The molecule has 0 spiro atoms. The summed E-state index contributed by atoms with van der Waals surface area (Å²) in [6.07, 6.45) is 0.286. The Labute approximate surface area is 132 Å². The van der Waals surface area contributed by atoms with Crippen molar-refractivity contribution in [2.24, 2.45) is 5.92 Å². The number of carbonyl (C=O) groups is 2. The monoisotopic (exact) mass is 302 g/mol. The minimum Gasteiger partial charge on any atom is -0.351 e. The van der Waals surface area contributed by atoms with Crippen LogP contribution in [0.3, 0.4) is 0 Å². The summed E-state index contributed by atoms with van der Waals surface area (Å²) in [7, 11) is 0. The summed E-state index contributed by atoms with van der Waals surface area (Å²) < 4.78 is 0. The fourth-order valence-electron chi connectivity index (χ4n) is 2.81. The SMILES string of the molecule is CC(C)c1ccccc1N1CC(C(=O)NC(C)(C)C)CC1=O. The van der Waals surface area contributed by atoms with Gasteiger partial charge in [0, 0.05) is 24.2 Å². The van der Waals surface area contributed by atoms with Crippen molar-refractivity contribution in [1.29, 1.82) is 0 Å². The summed E-state index contributed by atoms with van der Waals surface area (Å²) in [6, 6.07) is 7.95. The van der Waals surface area contributed by atoms with Crippen LogP contribution in [0, 0.1) is 5.92 Å². The smallest absolute Gasteiger partial charge is 0.227 e. The molecule has 0 aliphatic carbocycles. The lowest BCUT2D eigenvalue weighted by atomic mass is 10.0. The third-order valence-electron chi connectivity index (χ3n) is 3.84. The van der Waals surface area contributed by atoms with E-state index in [0.29, 0.717) is 12.5 Å². The fraction of sp³-hybridized carbons (Fsp3) is 0.556. The van der Waals surface area contributed by atoms with Gasteiger partial charge in [0.15, 0.2) is 0 Å². The van der Waals surface area contributed by atoms with E-state index in [-0.39, 0.29) is 29.7 Å². The van der Waals surface area contributed by atoms with Crippen LogP contribution < -0.4 is 10.2 Å². The van der Waals surface area contributed by atoms with Gasteiger partial charge in [0.25, 0.3) is 0 Å². The molecule has 1 saturated heterocycles. The number of hydrogen-bond donors (Lipinski definition) is 1. The normalized spacial score (nSPS) is 18.9. The second kappa shape index (κ2) is 6.11. The molecule has 1 aliphatic heterocycles. The van der Waals surface area contributed by atoms with Gasteiger partial charge in [-0.1, -0.05) is 32.0 Å². The van der Waals surface area contributed by atoms with Gasteiger partial charge < -0.3 is 10.2 Å². The van der Waals surface area contributed by atoms with Gasteiger partial charge >= 0.3 is 0 Å². The van der Waals surface area contributed by atoms with Crippen LogP contribution in [0.25, 0.3) is 0 Å². The minimum absolute atomic E-state index is 0.0298. The van der Waals surface area contributed by atoms with Crippen molar-refractivity contribution in [1.82, 2.24) is 5.32 Å². The maximum atomic E-state index is 12.4. The number of hydrogen-bond acceptors (Lipinski definition) is 2. The Hall–Kier alpha value is -1.84. The van der Waals surface area contributed by atoms with Crippen molar-refractivity contribution in [3.05, 3.63) is 29.8 Å². The summed E-state index contributed by atoms with van der Waals surface area (Å²) in [5.74, 6) is 0.0610. The molecule has 120 valence electrons. The van der Waals surface area contributed by atoms with Gasteiger partial charge in [-0.05, 0) is 38.3 Å². The number of nitrogens with one attached hydrogen (secondary N) is 1. The largest absolute Gasteiger partial charge is 0.351 e. The van der Waals surface area contributed by atoms with Gasteiger partial charge in [-0.25, -0.2) is 0 Å². The second-order valence-electron chi connectivity index (χ2n) is 7.36. The highest BCUT2D eigenvalue weighted by molar-refractivity contribution is 6.01. The minimum atomic E-state index is -0.274. The Morgan fingerprint density at radius 2 is 1.91 bits per heavy atom. The zero-order chi connectivity index (χ0) is 16.5. The van der Waals surface area contributed by atoms with Crippen LogP contribution in [0.2, 0.25) is 0 Å². The van der Waals surface area contributed by atoms with Gasteiger partial charge in [-0.3, -0.25) is 9.59 Å². The first kappa shape index (κ1) is 16.5. The van der Waals surface area contributed by atoms with Crippen LogP contribution in [0.4, 0.5) is 5.69 Å². The molecule has 4 nitrogen and oxygen atoms in total. The molecule has 1 N–H and O–H groups in total. The number of benzene rings is 1. The lowest BCUT2D eigenvalue weighted by Crippen LogP contribution is -2.44. The molecule has 1 unspecified atom stereocenters. The van der Waals surface area contributed by atoms with Crippen LogP contribution in [0.1, 0.15) is 52.5 Å². The first-order chi connectivity index (χ1) is 10.2. The van der Waals surface area contributed by atoms with Crippen molar-refractivity contribution in [3.63, 3.8) is 0 Å². The Bertz CT molecular complexity index is 573. The summed E-state index contributed by atoms with van der Waals surface area (Å²) in [6.45, 7) is 10.5. The summed E-state index contributed by atoms with van der Waals surface area (Å²) in [4.78, 5) is 26.5. The first-order valence-electron chi connectivity index (χ1n) is 7.90. The molecule has 0 radical (unpaired) electrons. The molecule has 0 aromatic heterocycles. The van der Waals surface area contributed by atoms with E-state index in [2.05, 4.69) is 25.2 Å². The van der Waals surface area contributed by atoms with E-state index in [1.54, 1.807) is 4.90 Å². The van der Waals surface area contributed by atoms with Gasteiger partial charge in [0.2, 0.25) is 11.8 Å². The highest BCUT2D eigenvalue weighted by atomic mass is 16.2. The molecule has 1 heterocycles. The molecule has 4 heteroatoms. The van der Waals surface area contributed by atoms with Crippen molar-refractivity contribution < 1.29 is 9.59 Å². The molecule has 1 aliphatic rings. The second-order valence-corrected chi connectivity index (χ2v) is 7.36. The zero-order valence-electron chi connectivity index (χ0n) is 14.1. The predicted molar refractivity (Wildman–Crippen MR) is 88.9 cm³/mol. The molecule has 1 aromatic rings. The highest BCUT2D eigenvalue weighted by Gasteiger charge is 2.36. The number of nitrogens with zero attached hydrogens (tertiary/aromatic N) is 1. The molecule has 1 fully saturated rings. The van der Waals surface area contributed by atoms with Gasteiger partial charge in [-0.2, -0.15) is 0 Å². The van der Waals surface area contributed by atoms with Crippen LogP contribution in [-0.2, 0) is 9.59 Å². The van der Waals surface area contributed by atoms with Crippen molar-refractivity contribution >= 4 is 17.5 Å². The zero-order valence-corrected chi connectivity index (χ0v) is 14.1. The van der Waals surface area contributed by atoms with E-state index >= 15 is 0 Å². The Morgan fingerprint density at radius 3 is 2.50 bits per heavy atom. The van der Waals surface area contributed by atoms with Crippen LogP contribution in [-0.4, -0.2) is 23.9 Å². The number of amides is 2.